The van der Waals surface area contributed by atoms with Gasteiger partial charge in [0.2, 0.25) is 17.7 Å². The van der Waals surface area contributed by atoms with E-state index in [2.05, 4.69) is 15.6 Å². The smallest absolute Gasteiger partial charge is 0.248 e. The van der Waals surface area contributed by atoms with Crippen LogP contribution in [-0.2, 0) is 22.7 Å². The molecule has 1 aliphatic carbocycles. The Kier molecular flexibility index (Phi) is 7.47. The largest absolute Gasteiger partial charge is 0.390 e. The first-order valence-electron chi connectivity index (χ1n) is 9.73. The third-order valence-electron chi connectivity index (χ3n) is 4.87. The summed E-state index contributed by atoms with van der Waals surface area (Å²) in [7, 11) is 0. The van der Waals surface area contributed by atoms with Crippen LogP contribution in [0.2, 0.25) is 0 Å². The Morgan fingerprint density at radius 2 is 1.87 bits per heavy atom. The van der Waals surface area contributed by atoms with E-state index in [1.807, 2.05) is 0 Å². The zero-order chi connectivity index (χ0) is 21.5. The minimum atomic E-state index is -0.535. The normalized spacial score (nSPS) is 13.9. The molecule has 1 heterocycles. The fraction of sp³-hybridized carbons (Fsp3) is 0.400. The average Bonchev–Trinajstić information content (AvgIpc) is 3.36. The number of aliphatic hydroxyl groups excluding tert-OH is 1. The van der Waals surface area contributed by atoms with Gasteiger partial charge in [-0.05, 0) is 37.1 Å². The lowest BCUT2D eigenvalue weighted by molar-refractivity contribution is -0.122. The van der Waals surface area contributed by atoms with Crippen LogP contribution in [0.5, 0.6) is 0 Å². The van der Waals surface area contributed by atoms with Crippen LogP contribution in [0.1, 0.15) is 41.7 Å². The van der Waals surface area contributed by atoms with Crippen LogP contribution in [0.25, 0.3) is 0 Å². The van der Waals surface area contributed by atoms with E-state index in [9.17, 15) is 19.5 Å². The maximum atomic E-state index is 12.4. The van der Waals surface area contributed by atoms with E-state index in [-0.39, 0.29) is 36.8 Å². The summed E-state index contributed by atoms with van der Waals surface area (Å²) in [5, 5.41) is 15.8. The summed E-state index contributed by atoms with van der Waals surface area (Å²) < 4.78 is 1.63. The Bertz CT molecular complexity index is 906. The van der Waals surface area contributed by atoms with Crippen molar-refractivity contribution >= 4 is 35.2 Å². The third-order valence-corrected chi connectivity index (χ3v) is 5.86. The summed E-state index contributed by atoms with van der Waals surface area (Å²) in [4.78, 5) is 40.0. The number of carbonyl (C=O) groups is 3. The molecule has 1 aromatic carbocycles. The number of aliphatic hydroxyl groups is 1. The highest BCUT2D eigenvalue weighted by Crippen LogP contribution is 2.21. The van der Waals surface area contributed by atoms with Gasteiger partial charge in [0.05, 0.1) is 24.3 Å². The topological polar surface area (TPSA) is 139 Å². The summed E-state index contributed by atoms with van der Waals surface area (Å²) in [5.41, 5.74) is 6.62. The number of nitrogens with zero attached hydrogens (tertiary/aromatic N) is 2. The van der Waals surface area contributed by atoms with Gasteiger partial charge in [-0.1, -0.05) is 24.6 Å². The Hall–Kier alpha value is -2.85. The van der Waals surface area contributed by atoms with Crippen LogP contribution < -0.4 is 16.4 Å². The highest BCUT2D eigenvalue weighted by atomic mass is 32.2. The lowest BCUT2D eigenvalue weighted by Gasteiger charge is -2.14. The fourth-order valence-corrected chi connectivity index (χ4v) is 4.13. The molecule has 160 valence electrons. The van der Waals surface area contributed by atoms with Gasteiger partial charge >= 0.3 is 0 Å². The van der Waals surface area contributed by atoms with E-state index in [1.165, 1.54) is 30.1 Å². The van der Waals surface area contributed by atoms with Crippen LogP contribution in [-0.4, -0.2) is 44.2 Å². The molecule has 5 N–H and O–H groups in total. The van der Waals surface area contributed by atoms with E-state index in [0.717, 1.165) is 25.7 Å². The van der Waals surface area contributed by atoms with Crippen molar-refractivity contribution in [1.29, 1.82) is 0 Å². The van der Waals surface area contributed by atoms with E-state index >= 15 is 0 Å². The van der Waals surface area contributed by atoms with Crippen molar-refractivity contribution in [2.45, 2.75) is 50.0 Å². The number of hydrogen-bond acceptors (Lipinski definition) is 6. The number of nitrogens with one attached hydrogen (secondary N) is 2. The monoisotopic (exact) mass is 431 g/mol. The molecule has 10 heteroatoms. The molecular formula is C20H25N5O4S. The molecule has 0 aliphatic heterocycles. The Balaban J connectivity index is 1.56. The van der Waals surface area contributed by atoms with E-state index in [1.54, 1.807) is 16.7 Å². The number of imidazole rings is 1. The van der Waals surface area contributed by atoms with Crippen molar-refractivity contribution in [2.24, 2.45) is 5.73 Å². The summed E-state index contributed by atoms with van der Waals surface area (Å²) in [5.74, 6) is -0.853. The molecule has 9 nitrogen and oxygen atoms in total. The van der Waals surface area contributed by atoms with Crippen molar-refractivity contribution in [3.05, 3.63) is 41.7 Å². The highest BCUT2D eigenvalue weighted by molar-refractivity contribution is 7.99. The highest BCUT2D eigenvalue weighted by Gasteiger charge is 2.19. The predicted molar refractivity (Wildman–Crippen MR) is 113 cm³/mol. The van der Waals surface area contributed by atoms with Gasteiger partial charge in [0.25, 0.3) is 0 Å². The molecule has 0 unspecified atom stereocenters. The fourth-order valence-electron chi connectivity index (χ4n) is 3.33. The molecule has 0 saturated heterocycles. The molecule has 1 aliphatic rings. The molecule has 3 rings (SSSR count). The maximum Gasteiger partial charge on any atom is 0.248 e. The van der Waals surface area contributed by atoms with E-state index < -0.39 is 5.91 Å². The van der Waals surface area contributed by atoms with Gasteiger partial charge in [0.15, 0.2) is 5.16 Å². The van der Waals surface area contributed by atoms with Gasteiger partial charge in [-0.15, -0.1) is 0 Å². The second kappa shape index (κ2) is 10.3. The molecular weight excluding hydrogens is 406 g/mol. The molecule has 2 aromatic rings. The van der Waals surface area contributed by atoms with Crippen LogP contribution >= 0.6 is 11.8 Å². The Labute approximate surface area is 178 Å². The van der Waals surface area contributed by atoms with Gasteiger partial charge in [-0.3, -0.25) is 14.4 Å². The van der Waals surface area contributed by atoms with Gasteiger partial charge in [0.1, 0.15) is 6.54 Å². The predicted octanol–water partition coefficient (Wildman–Crippen LogP) is 1.26. The molecule has 0 spiro atoms. The second-order valence-corrected chi connectivity index (χ2v) is 8.05. The van der Waals surface area contributed by atoms with E-state index in [4.69, 9.17) is 5.73 Å². The average molecular weight is 432 g/mol. The lowest BCUT2D eigenvalue weighted by Crippen LogP contribution is -2.35. The number of primary amides is 1. The zero-order valence-electron chi connectivity index (χ0n) is 16.5. The summed E-state index contributed by atoms with van der Waals surface area (Å²) in [6.45, 7) is -0.201. The van der Waals surface area contributed by atoms with Crippen LogP contribution in [0.15, 0.2) is 35.6 Å². The van der Waals surface area contributed by atoms with Crippen molar-refractivity contribution in [1.82, 2.24) is 14.9 Å². The minimum absolute atomic E-state index is 0.0466. The van der Waals surface area contributed by atoms with Gasteiger partial charge in [-0.2, -0.15) is 0 Å². The van der Waals surface area contributed by atoms with Crippen molar-refractivity contribution in [3.8, 4) is 0 Å². The molecule has 30 heavy (non-hydrogen) atoms. The SMILES string of the molecule is NC(=O)c1ccc(NC(=O)CSc2ncc(CO)n2CC(=O)NC2CCCC2)cc1. The number of anilines is 1. The molecule has 1 fully saturated rings. The van der Waals surface area contributed by atoms with Gasteiger partial charge in [0, 0.05) is 17.3 Å². The molecule has 3 amide bonds. The Morgan fingerprint density at radius 1 is 1.17 bits per heavy atom. The minimum Gasteiger partial charge on any atom is -0.390 e. The van der Waals surface area contributed by atoms with Crippen LogP contribution in [0, 0.1) is 0 Å². The van der Waals surface area contributed by atoms with Gasteiger partial charge in [-0.25, -0.2) is 4.98 Å². The molecule has 0 bridgehead atoms. The number of carbonyl (C=O) groups excluding carboxylic acids is 3. The van der Waals surface area contributed by atoms with Crippen molar-refractivity contribution < 1.29 is 19.5 Å². The number of thioether (sulfide) groups is 1. The number of amides is 3. The van der Waals surface area contributed by atoms with Crippen LogP contribution in [0.4, 0.5) is 5.69 Å². The molecule has 0 radical (unpaired) electrons. The first kappa shape index (κ1) is 21.8. The van der Waals surface area contributed by atoms with Crippen molar-refractivity contribution in [2.75, 3.05) is 11.1 Å². The first-order valence-corrected chi connectivity index (χ1v) is 10.7. The zero-order valence-corrected chi connectivity index (χ0v) is 17.3. The molecule has 1 aromatic heterocycles. The van der Waals surface area contributed by atoms with Crippen LogP contribution in [0.3, 0.4) is 0 Å². The van der Waals surface area contributed by atoms with Crippen molar-refractivity contribution in [3.63, 3.8) is 0 Å². The lowest BCUT2D eigenvalue weighted by atomic mass is 10.2. The quantitative estimate of drug-likeness (QED) is 0.441. The number of hydrogen-bond donors (Lipinski definition) is 4. The standard InChI is InChI=1S/C20H25N5O4S/c21-19(29)13-5-7-15(8-6-13)24-18(28)12-30-20-22-9-16(11-26)25(20)10-17(27)23-14-3-1-2-4-14/h5-9,14,26H,1-4,10-12H2,(H2,21,29)(H,23,27)(H,24,28). The molecule has 0 atom stereocenters. The summed E-state index contributed by atoms with van der Waals surface area (Å²) >= 11 is 1.18. The summed E-state index contributed by atoms with van der Waals surface area (Å²) in [6.07, 6.45) is 5.74. The molecule has 1 saturated carbocycles. The number of aromatic nitrogens is 2. The second-order valence-electron chi connectivity index (χ2n) is 7.10. The van der Waals surface area contributed by atoms with E-state index in [0.29, 0.717) is 22.1 Å². The number of nitrogens with two attached hydrogens (primary N) is 1. The number of rotatable bonds is 9. The third kappa shape index (κ3) is 5.83. The Morgan fingerprint density at radius 3 is 2.50 bits per heavy atom. The summed E-state index contributed by atoms with van der Waals surface area (Å²) in [6, 6.07) is 6.48. The van der Waals surface area contributed by atoms with Gasteiger partial charge < -0.3 is 26.0 Å². The first-order chi connectivity index (χ1) is 14.5. The maximum absolute atomic E-state index is 12.4. The number of benzene rings is 1.